The average Bonchev–Trinajstić information content (AvgIpc) is 2.20. The first-order chi connectivity index (χ1) is 7.13. The first kappa shape index (κ1) is 12.0. The molecule has 0 unspecified atom stereocenters. The van der Waals surface area contributed by atoms with Crippen LogP contribution >= 0.6 is 0 Å². The molecule has 1 aromatic carbocycles. The van der Waals surface area contributed by atoms with Crippen molar-refractivity contribution in [1.29, 1.82) is 0 Å². The first-order valence-corrected chi connectivity index (χ1v) is 5.10. The number of benzene rings is 1. The Hall–Kier alpha value is -1.09. The number of ether oxygens (including phenoxy) is 1. The zero-order valence-electron chi connectivity index (χ0n) is 9.59. The Morgan fingerprint density at radius 3 is 2.67 bits per heavy atom. The standard InChI is InChI=1S/C12H18FNO/c1-14(2)8-4-5-10-6-7-11(13)12(9-10)15-3/h6-7,9H,4-5,8H2,1-3H3. The van der Waals surface area contributed by atoms with E-state index in [1.807, 2.05) is 20.2 Å². The molecule has 1 rings (SSSR count). The zero-order chi connectivity index (χ0) is 11.3. The van der Waals surface area contributed by atoms with Gasteiger partial charge in [-0.15, -0.1) is 0 Å². The van der Waals surface area contributed by atoms with Crippen molar-refractivity contribution in [3.8, 4) is 5.75 Å². The number of aryl methyl sites for hydroxylation is 1. The lowest BCUT2D eigenvalue weighted by molar-refractivity contribution is 0.384. The number of methoxy groups -OCH3 is 1. The summed E-state index contributed by atoms with van der Waals surface area (Å²) >= 11 is 0. The molecule has 3 heteroatoms. The van der Waals surface area contributed by atoms with Crippen LogP contribution < -0.4 is 4.74 Å². The maximum atomic E-state index is 13.1. The SMILES string of the molecule is COc1cc(CCCN(C)C)ccc1F. The minimum Gasteiger partial charge on any atom is -0.494 e. The third-order valence-corrected chi connectivity index (χ3v) is 2.29. The van der Waals surface area contributed by atoms with Crippen molar-refractivity contribution in [3.63, 3.8) is 0 Å². The van der Waals surface area contributed by atoms with E-state index < -0.39 is 0 Å². The van der Waals surface area contributed by atoms with E-state index in [4.69, 9.17) is 4.74 Å². The van der Waals surface area contributed by atoms with Gasteiger partial charge in [0.15, 0.2) is 11.6 Å². The second-order valence-electron chi connectivity index (χ2n) is 3.88. The molecule has 0 N–H and O–H groups in total. The Balaban J connectivity index is 2.54. The molecule has 0 saturated heterocycles. The van der Waals surface area contributed by atoms with E-state index in [0.717, 1.165) is 24.9 Å². The normalized spacial score (nSPS) is 10.7. The van der Waals surface area contributed by atoms with Crippen LogP contribution in [0.4, 0.5) is 4.39 Å². The molecule has 0 atom stereocenters. The molecule has 0 aliphatic heterocycles. The van der Waals surface area contributed by atoms with Crippen LogP contribution in [-0.2, 0) is 6.42 Å². The fourth-order valence-corrected chi connectivity index (χ4v) is 1.46. The fraction of sp³-hybridized carbons (Fsp3) is 0.500. The summed E-state index contributed by atoms with van der Waals surface area (Å²) in [6.07, 6.45) is 2.02. The van der Waals surface area contributed by atoms with Crippen molar-refractivity contribution >= 4 is 0 Å². The van der Waals surface area contributed by atoms with Crippen LogP contribution in [-0.4, -0.2) is 32.6 Å². The smallest absolute Gasteiger partial charge is 0.165 e. The molecule has 0 amide bonds. The van der Waals surface area contributed by atoms with Crippen LogP contribution in [0.1, 0.15) is 12.0 Å². The molecule has 0 heterocycles. The molecule has 0 aliphatic rings. The highest BCUT2D eigenvalue weighted by molar-refractivity contribution is 5.30. The van der Waals surface area contributed by atoms with Gasteiger partial charge in [-0.3, -0.25) is 0 Å². The van der Waals surface area contributed by atoms with E-state index in [0.29, 0.717) is 5.75 Å². The third-order valence-electron chi connectivity index (χ3n) is 2.29. The van der Waals surface area contributed by atoms with E-state index in [1.165, 1.54) is 13.2 Å². The summed E-state index contributed by atoms with van der Waals surface area (Å²) in [6.45, 7) is 1.04. The predicted octanol–water partition coefficient (Wildman–Crippen LogP) is 2.33. The first-order valence-electron chi connectivity index (χ1n) is 5.10. The van der Waals surface area contributed by atoms with Crippen molar-refractivity contribution in [3.05, 3.63) is 29.6 Å². The molecular formula is C12H18FNO. The van der Waals surface area contributed by atoms with Gasteiger partial charge in [0.1, 0.15) is 0 Å². The van der Waals surface area contributed by atoms with E-state index in [2.05, 4.69) is 4.90 Å². The fourth-order valence-electron chi connectivity index (χ4n) is 1.46. The molecular weight excluding hydrogens is 193 g/mol. The highest BCUT2D eigenvalue weighted by atomic mass is 19.1. The lowest BCUT2D eigenvalue weighted by atomic mass is 10.1. The zero-order valence-corrected chi connectivity index (χ0v) is 9.59. The van der Waals surface area contributed by atoms with Gasteiger partial charge >= 0.3 is 0 Å². The van der Waals surface area contributed by atoms with Crippen molar-refractivity contribution in [2.24, 2.45) is 0 Å². The minimum atomic E-state index is -0.297. The summed E-state index contributed by atoms with van der Waals surface area (Å²) in [6, 6.07) is 5.04. The second kappa shape index (κ2) is 5.71. The lowest BCUT2D eigenvalue weighted by Crippen LogP contribution is -2.13. The van der Waals surface area contributed by atoms with Gasteiger partial charge in [0, 0.05) is 0 Å². The largest absolute Gasteiger partial charge is 0.494 e. The molecule has 0 spiro atoms. The van der Waals surface area contributed by atoms with Crippen molar-refractivity contribution in [2.75, 3.05) is 27.7 Å². The van der Waals surface area contributed by atoms with Crippen molar-refractivity contribution in [1.82, 2.24) is 4.90 Å². The monoisotopic (exact) mass is 211 g/mol. The molecule has 0 radical (unpaired) electrons. The molecule has 1 aromatic rings. The summed E-state index contributed by atoms with van der Waals surface area (Å²) in [4.78, 5) is 2.14. The summed E-state index contributed by atoms with van der Waals surface area (Å²) in [5, 5.41) is 0. The van der Waals surface area contributed by atoms with Gasteiger partial charge in [0.05, 0.1) is 7.11 Å². The highest BCUT2D eigenvalue weighted by Gasteiger charge is 2.03. The van der Waals surface area contributed by atoms with Gasteiger partial charge in [0.25, 0.3) is 0 Å². The van der Waals surface area contributed by atoms with Gasteiger partial charge in [0.2, 0.25) is 0 Å². The van der Waals surface area contributed by atoms with Crippen molar-refractivity contribution < 1.29 is 9.13 Å². The van der Waals surface area contributed by atoms with Crippen LogP contribution in [0.5, 0.6) is 5.75 Å². The molecule has 84 valence electrons. The number of rotatable bonds is 5. The molecule has 0 bridgehead atoms. The van der Waals surface area contributed by atoms with Gasteiger partial charge < -0.3 is 9.64 Å². The third kappa shape index (κ3) is 3.88. The molecule has 15 heavy (non-hydrogen) atoms. The van der Waals surface area contributed by atoms with Crippen LogP contribution in [0.15, 0.2) is 18.2 Å². The van der Waals surface area contributed by atoms with E-state index in [9.17, 15) is 4.39 Å². The Kier molecular flexibility index (Phi) is 4.56. The van der Waals surface area contributed by atoms with Crippen LogP contribution in [0.2, 0.25) is 0 Å². The minimum absolute atomic E-state index is 0.297. The van der Waals surface area contributed by atoms with E-state index in [-0.39, 0.29) is 5.82 Å². The average molecular weight is 211 g/mol. The molecule has 0 saturated carbocycles. The Labute approximate surface area is 90.7 Å². The Morgan fingerprint density at radius 1 is 1.33 bits per heavy atom. The van der Waals surface area contributed by atoms with Gasteiger partial charge in [-0.05, 0) is 51.2 Å². The number of nitrogens with zero attached hydrogens (tertiary/aromatic N) is 1. The summed E-state index contributed by atoms with van der Waals surface area (Å²) < 4.78 is 18.0. The topological polar surface area (TPSA) is 12.5 Å². The summed E-state index contributed by atoms with van der Waals surface area (Å²) in [5.74, 6) is 0.0335. The van der Waals surface area contributed by atoms with Gasteiger partial charge in [-0.25, -0.2) is 4.39 Å². The highest BCUT2D eigenvalue weighted by Crippen LogP contribution is 2.18. The van der Waals surface area contributed by atoms with Crippen LogP contribution in [0.3, 0.4) is 0 Å². The second-order valence-corrected chi connectivity index (χ2v) is 3.88. The molecule has 0 aromatic heterocycles. The van der Waals surface area contributed by atoms with Gasteiger partial charge in [-0.1, -0.05) is 6.07 Å². The maximum Gasteiger partial charge on any atom is 0.165 e. The lowest BCUT2D eigenvalue weighted by Gasteiger charge is -2.09. The Bertz CT molecular complexity index is 312. The maximum absolute atomic E-state index is 13.1. The van der Waals surface area contributed by atoms with Crippen LogP contribution in [0, 0.1) is 5.82 Å². The van der Waals surface area contributed by atoms with E-state index >= 15 is 0 Å². The number of halogens is 1. The molecule has 0 aliphatic carbocycles. The van der Waals surface area contributed by atoms with Gasteiger partial charge in [-0.2, -0.15) is 0 Å². The Morgan fingerprint density at radius 2 is 2.07 bits per heavy atom. The van der Waals surface area contributed by atoms with E-state index in [1.54, 1.807) is 6.07 Å². The summed E-state index contributed by atoms with van der Waals surface area (Å²) in [7, 11) is 5.58. The van der Waals surface area contributed by atoms with Crippen molar-refractivity contribution in [2.45, 2.75) is 12.8 Å². The number of hydrogen-bond acceptors (Lipinski definition) is 2. The molecule has 0 fully saturated rings. The predicted molar refractivity (Wildman–Crippen MR) is 59.8 cm³/mol. The quantitative estimate of drug-likeness (QED) is 0.741. The summed E-state index contributed by atoms with van der Waals surface area (Å²) in [5.41, 5.74) is 1.12. The number of hydrogen-bond donors (Lipinski definition) is 0. The molecule has 2 nitrogen and oxygen atoms in total. The van der Waals surface area contributed by atoms with Crippen LogP contribution in [0.25, 0.3) is 0 Å².